The smallest absolute Gasteiger partial charge is 0.0458 e. The number of hydrogen-bond acceptors (Lipinski definition) is 2. The first-order valence-corrected chi connectivity index (χ1v) is 25.4. The summed E-state index contributed by atoms with van der Waals surface area (Å²) in [5.74, 6) is 0.238. The minimum Gasteiger partial charge on any atom is -0.315 e. The molecule has 0 amide bonds. The van der Waals surface area contributed by atoms with Crippen molar-refractivity contribution in [2.24, 2.45) is 11.8 Å². The average molecular weight is 912 g/mol. The van der Waals surface area contributed by atoms with Gasteiger partial charge in [-0.05, 0) is 120 Å². The molecule has 5 aliphatic rings. The van der Waals surface area contributed by atoms with Crippen LogP contribution in [-0.4, -0.2) is 0 Å². The Morgan fingerprint density at radius 1 is 0.486 bits per heavy atom. The zero-order valence-electron chi connectivity index (χ0n) is 38.8. The van der Waals surface area contributed by atoms with Gasteiger partial charge in [0.1, 0.15) is 0 Å². The number of benzene rings is 7. The molecule has 1 nitrogen and oxygen atoms in total. The van der Waals surface area contributed by atoms with Crippen LogP contribution in [0.25, 0.3) is 77.2 Å². The quantitative estimate of drug-likeness (QED) is 0.119. The molecule has 1 aliphatic heterocycles. The van der Waals surface area contributed by atoms with Crippen LogP contribution in [0.15, 0.2) is 265 Å². The van der Waals surface area contributed by atoms with Gasteiger partial charge in [-0.25, -0.2) is 0 Å². The largest absolute Gasteiger partial charge is 0.315 e. The fraction of sp³-hybridized carbons (Fsp3) is 0.0735. The van der Waals surface area contributed by atoms with E-state index in [4.69, 9.17) is 0 Å². The molecule has 4 aliphatic carbocycles. The molecular weight excluding hydrogens is 863 g/mol. The van der Waals surface area contributed by atoms with Crippen molar-refractivity contribution >= 4 is 72.0 Å². The van der Waals surface area contributed by atoms with E-state index in [-0.39, 0.29) is 11.8 Å². The predicted molar refractivity (Wildman–Crippen MR) is 301 cm³/mol. The molecule has 332 valence electrons. The fourth-order valence-electron chi connectivity index (χ4n) is 11.3. The lowest BCUT2D eigenvalue weighted by Crippen LogP contribution is -2.20. The Morgan fingerprint density at radius 2 is 1.14 bits per heavy atom. The van der Waals surface area contributed by atoms with E-state index in [1.165, 1.54) is 109 Å². The van der Waals surface area contributed by atoms with Gasteiger partial charge in [-0.1, -0.05) is 219 Å². The number of allylic oxidation sites excluding steroid dienone is 18. The zero-order valence-corrected chi connectivity index (χ0v) is 39.6. The molecule has 0 saturated carbocycles. The zero-order chi connectivity index (χ0) is 46.4. The highest BCUT2D eigenvalue weighted by Gasteiger charge is 2.29. The van der Waals surface area contributed by atoms with Gasteiger partial charge in [0.2, 0.25) is 0 Å². The highest BCUT2D eigenvalue weighted by Crippen LogP contribution is 2.46. The molecule has 2 unspecified atom stereocenters. The van der Waals surface area contributed by atoms with Crippen LogP contribution >= 0.6 is 11.3 Å². The summed E-state index contributed by atoms with van der Waals surface area (Å²) in [7, 11) is 0. The third-order valence-electron chi connectivity index (χ3n) is 14.6. The van der Waals surface area contributed by atoms with E-state index < -0.39 is 0 Å². The number of hydrogen-bond donors (Lipinski definition) is 0. The number of fused-ring (bicyclic) bond motifs is 8. The van der Waals surface area contributed by atoms with Crippen molar-refractivity contribution in [1.82, 2.24) is 0 Å². The van der Waals surface area contributed by atoms with E-state index in [0.29, 0.717) is 0 Å². The van der Waals surface area contributed by atoms with Gasteiger partial charge in [-0.2, -0.15) is 0 Å². The summed E-state index contributed by atoms with van der Waals surface area (Å²) in [5, 5.41) is 6.37. The minimum atomic E-state index is 0.115. The van der Waals surface area contributed by atoms with Crippen molar-refractivity contribution in [2.45, 2.75) is 19.3 Å². The molecule has 2 heterocycles. The van der Waals surface area contributed by atoms with E-state index in [2.05, 4.69) is 253 Å². The molecule has 7 aromatic carbocycles. The molecule has 0 spiro atoms. The van der Waals surface area contributed by atoms with Crippen molar-refractivity contribution < 1.29 is 0 Å². The monoisotopic (exact) mass is 911 g/mol. The molecule has 13 rings (SSSR count). The van der Waals surface area contributed by atoms with Crippen LogP contribution in [0, 0.1) is 11.8 Å². The highest BCUT2D eigenvalue weighted by atomic mass is 32.1. The van der Waals surface area contributed by atoms with E-state index in [1.54, 1.807) is 0 Å². The van der Waals surface area contributed by atoms with Crippen LogP contribution in [0.2, 0.25) is 0 Å². The van der Waals surface area contributed by atoms with E-state index in [9.17, 15) is 0 Å². The van der Waals surface area contributed by atoms with Crippen LogP contribution in [-0.2, 0) is 0 Å². The first-order chi connectivity index (χ1) is 34.7. The van der Waals surface area contributed by atoms with Crippen LogP contribution in [0.4, 0.5) is 5.69 Å². The molecule has 0 radical (unpaired) electrons. The van der Waals surface area contributed by atoms with Crippen molar-refractivity contribution in [3.05, 3.63) is 287 Å². The number of rotatable bonds is 6. The molecule has 0 N–H and O–H groups in total. The van der Waals surface area contributed by atoms with E-state index >= 15 is 0 Å². The molecule has 0 saturated heterocycles. The molecule has 70 heavy (non-hydrogen) atoms. The first kappa shape index (κ1) is 41.9. The van der Waals surface area contributed by atoms with Gasteiger partial charge in [-0.15, -0.1) is 17.1 Å². The second-order valence-electron chi connectivity index (χ2n) is 18.7. The molecule has 1 aromatic heterocycles. The third-order valence-corrected chi connectivity index (χ3v) is 15.8. The van der Waals surface area contributed by atoms with E-state index in [0.717, 1.165) is 24.9 Å². The summed E-state index contributed by atoms with van der Waals surface area (Å²) in [6, 6.07) is 55.7. The topological polar surface area (TPSA) is 3.24 Å². The van der Waals surface area contributed by atoms with Gasteiger partial charge in [0.15, 0.2) is 0 Å². The summed E-state index contributed by atoms with van der Waals surface area (Å²) in [4.78, 5) is 3.78. The summed E-state index contributed by atoms with van der Waals surface area (Å²) in [6.45, 7) is 0. The number of anilines is 1. The van der Waals surface area contributed by atoms with Crippen LogP contribution in [0.5, 0.6) is 0 Å². The standard InChI is InChI=1S/C68H49NS/c1-4-18-46(19-5-1)47-22-14-23-48(37-36-47)51-24-15-26-56-44-53(42-51)54-43-52(58-33-17-34-64-59-28-8-3-9-35-65(59)70-68(58)64)25-16-27-57(45-54)69(56)55-40-38-50(39-41-55)67-62-31-12-10-29-60(62)66(49-20-6-2-7-21-49)61-30-11-13-32-63(61)67/h1-8,10-23,25-26,28-36,38-45,53-54H,24,27,37H2/b25-16-,26-15?,51-42+,52-43+. The Hall–Kier alpha value is -8.26. The fourth-order valence-corrected chi connectivity index (χ4v) is 12.5. The minimum absolute atomic E-state index is 0.115. The van der Waals surface area contributed by atoms with Gasteiger partial charge < -0.3 is 4.90 Å². The van der Waals surface area contributed by atoms with Gasteiger partial charge >= 0.3 is 0 Å². The lowest BCUT2D eigenvalue weighted by molar-refractivity contribution is 0.668. The Morgan fingerprint density at radius 3 is 1.89 bits per heavy atom. The lowest BCUT2D eigenvalue weighted by atomic mass is 9.83. The van der Waals surface area contributed by atoms with Crippen LogP contribution in [0.3, 0.4) is 0 Å². The van der Waals surface area contributed by atoms with Crippen molar-refractivity contribution in [1.29, 1.82) is 0 Å². The first-order valence-electron chi connectivity index (χ1n) is 24.6. The summed E-state index contributed by atoms with van der Waals surface area (Å²) in [6.07, 6.45) is 40.0. The van der Waals surface area contributed by atoms with Gasteiger partial charge in [0.25, 0.3) is 0 Å². The van der Waals surface area contributed by atoms with Crippen molar-refractivity contribution in [3.8, 4) is 22.3 Å². The molecule has 2 heteroatoms. The number of thiophene rings is 1. The molecule has 8 aromatic rings. The average Bonchev–Trinajstić information content (AvgIpc) is 3.62. The second kappa shape index (κ2) is 18.0. The SMILES string of the molecule is C1=CC=Cc2c(sc3c(C4=C/C5C=C(C/C=C\4)N(c4ccc(-c6c7ccccc7c(-c7ccccc7)c7ccccc67)cc4)C4=CC5/C=C(/C5=CC=CC(c6ccccc6)=CC5)CC=C4)cccc23)C=1. The second-order valence-corrected chi connectivity index (χ2v) is 19.8. The molecule has 2 atom stereocenters. The Balaban J connectivity index is 0.932. The Labute approximate surface area is 414 Å². The maximum absolute atomic E-state index is 3.35. The molecule has 0 fully saturated rings. The summed E-state index contributed by atoms with van der Waals surface area (Å²) < 4.78 is 1.33. The Kier molecular flexibility index (Phi) is 10.8. The molecular formula is C68H49NS. The van der Waals surface area contributed by atoms with Gasteiger partial charge in [-0.3, -0.25) is 0 Å². The van der Waals surface area contributed by atoms with E-state index in [1.807, 2.05) is 17.4 Å². The maximum Gasteiger partial charge on any atom is 0.0458 e. The van der Waals surface area contributed by atoms with Crippen LogP contribution < -0.4 is 4.90 Å². The van der Waals surface area contributed by atoms with Gasteiger partial charge in [0, 0.05) is 55.9 Å². The maximum atomic E-state index is 3.35. The van der Waals surface area contributed by atoms with Gasteiger partial charge in [0.05, 0.1) is 0 Å². The third kappa shape index (κ3) is 7.60. The van der Waals surface area contributed by atoms with Crippen molar-refractivity contribution in [2.75, 3.05) is 4.90 Å². The van der Waals surface area contributed by atoms with Crippen LogP contribution in [0.1, 0.15) is 40.8 Å². The predicted octanol–water partition coefficient (Wildman–Crippen LogP) is 18.5. The van der Waals surface area contributed by atoms with Crippen molar-refractivity contribution in [3.63, 3.8) is 0 Å². The molecule has 4 bridgehead atoms. The highest BCUT2D eigenvalue weighted by molar-refractivity contribution is 7.20. The lowest BCUT2D eigenvalue weighted by Gasteiger charge is -2.29. The Bertz CT molecular complexity index is 3750. The summed E-state index contributed by atoms with van der Waals surface area (Å²) in [5.41, 5.74) is 21.2. The normalized spacial score (nSPS) is 20.3. The summed E-state index contributed by atoms with van der Waals surface area (Å²) >= 11 is 1.87. The number of nitrogens with zero attached hydrogens (tertiary/aromatic N) is 1.